The van der Waals surface area contributed by atoms with E-state index < -0.39 is 0 Å². The summed E-state index contributed by atoms with van der Waals surface area (Å²) in [7, 11) is 1.66. The number of carbonyl (C=O) groups excluding carboxylic acids is 1. The van der Waals surface area contributed by atoms with Crippen molar-refractivity contribution in [1.82, 2.24) is 14.7 Å². The lowest BCUT2D eigenvalue weighted by Crippen LogP contribution is -2.27. The van der Waals surface area contributed by atoms with Gasteiger partial charge >= 0.3 is 0 Å². The minimum absolute atomic E-state index is 0.112. The van der Waals surface area contributed by atoms with E-state index in [-0.39, 0.29) is 5.91 Å². The third-order valence-corrected chi connectivity index (χ3v) is 6.28. The van der Waals surface area contributed by atoms with Crippen LogP contribution in [0.3, 0.4) is 0 Å². The lowest BCUT2D eigenvalue weighted by molar-refractivity contribution is -0.121. The summed E-state index contributed by atoms with van der Waals surface area (Å²) in [4.78, 5) is 15.0. The van der Waals surface area contributed by atoms with Crippen LogP contribution in [0.4, 0.5) is 0 Å². The van der Waals surface area contributed by atoms with Gasteiger partial charge in [-0.15, -0.1) is 6.58 Å². The van der Waals surface area contributed by atoms with Crippen molar-refractivity contribution in [1.29, 1.82) is 0 Å². The van der Waals surface area contributed by atoms with E-state index in [0.29, 0.717) is 15.8 Å². The minimum Gasteiger partial charge on any atom is -0.496 e. The highest BCUT2D eigenvalue weighted by Gasteiger charge is 2.31. The number of benzene rings is 2. The largest absolute Gasteiger partial charge is 0.496 e. The van der Waals surface area contributed by atoms with Crippen molar-refractivity contribution >= 4 is 40.3 Å². The minimum atomic E-state index is -0.112. The third-order valence-electron chi connectivity index (χ3n) is 4.90. The van der Waals surface area contributed by atoms with Gasteiger partial charge in [-0.05, 0) is 48.9 Å². The Labute approximate surface area is 191 Å². The molecule has 0 saturated carbocycles. The summed E-state index contributed by atoms with van der Waals surface area (Å²) < 4.78 is 7.76. The maximum atomic E-state index is 12.8. The Bertz CT molecular complexity index is 1200. The first-order valence-electron chi connectivity index (χ1n) is 9.68. The number of nitrogens with zero attached hydrogens (tertiary/aromatic N) is 3. The van der Waals surface area contributed by atoms with Crippen molar-refractivity contribution in [2.75, 3.05) is 13.7 Å². The summed E-state index contributed by atoms with van der Waals surface area (Å²) in [5.41, 5.74) is 4.52. The summed E-state index contributed by atoms with van der Waals surface area (Å²) in [6.45, 7) is 6.10. The molecule has 0 bridgehead atoms. The summed E-state index contributed by atoms with van der Waals surface area (Å²) in [5.74, 6) is 0.706. The zero-order valence-electron chi connectivity index (χ0n) is 17.2. The van der Waals surface area contributed by atoms with Gasteiger partial charge in [-0.3, -0.25) is 9.69 Å². The number of hydrogen-bond donors (Lipinski definition) is 0. The second-order valence-corrected chi connectivity index (χ2v) is 8.65. The van der Waals surface area contributed by atoms with Crippen molar-refractivity contribution in [2.45, 2.75) is 6.92 Å². The number of aromatic nitrogens is 2. The van der Waals surface area contributed by atoms with E-state index in [4.69, 9.17) is 22.1 Å². The number of carbonyl (C=O) groups is 1. The summed E-state index contributed by atoms with van der Waals surface area (Å²) in [6.07, 6.45) is 5.47. The number of aryl methyl sites for hydroxylation is 1. The van der Waals surface area contributed by atoms with Crippen LogP contribution in [0.2, 0.25) is 0 Å². The molecule has 2 heterocycles. The first kappa shape index (κ1) is 21.1. The van der Waals surface area contributed by atoms with Gasteiger partial charge in [0.2, 0.25) is 0 Å². The van der Waals surface area contributed by atoms with Crippen molar-refractivity contribution in [2.24, 2.45) is 0 Å². The van der Waals surface area contributed by atoms with Gasteiger partial charge in [0.15, 0.2) is 0 Å². The predicted molar refractivity (Wildman–Crippen MR) is 130 cm³/mol. The number of rotatable bonds is 6. The monoisotopic (exact) mass is 447 g/mol. The number of ether oxygens (including phenoxy) is 1. The molecule has 2 aromatic carbocycles. The van der Waals surface area contributed by atoms with E-state index in [9.17, 15) is 4.79 Å². The topological polar surface area (TPSA) is 47.4 Å². The number of hydrogen-bond acceptors (Lipinski definition) is 5. The second kappa shape index (κ2) is 8.91. The van der Waals surface area contributed by atoms with Gasteiger partial charge in [0.1, 0.15) is 15.8 Å². The molecular formula is C24H21N3O2S2. The lowest BCUT2D eigenvalue weighted by Gasteiger charge is -2.10. The van der Waals surface area contributed by atoms with Gasteiger partial charge in [0.05, 0.1) is 17.7 Å². The highest BCUT2D eigenvalue weighted by Crippen LogP contribution is 2.35. The molecule has 1 aromatic heterocycles. The lowest BCUT2D eigenvalue weighted by atomic mass is 10.0. The number of amides is 1. The molecule has 4 rings (SSSR count). The number of methoxy groups -OCH3 is 1. The van der Waals surface area contributed by atoms with Gasteiger partial charge in [-0.25, -0.2) is 4.68 Å². The Balaban J connectivity index is 1.82. The average Bonchev–Trinajstić information content (AvgIpc) is 3.31. The van der Waals surface area contributed by atoms with Crippen LogP contribution in [0.5, 0.6) is 5.75 Å². The molecule has 7 heteroatoms. The van der Waals surface area contributed by atoms with Crippen molar-refractivity contribution in [3.63, 3.8) is 0 Å². The van der Waals surface area contributed by atoms with E-state index in [1.807, 2.05) is 72.4 Å². The zero-order valence-corrected chi connectivity index (χ0v) is 18.9. The van der Waals surface area contributed by atoms with Crippen molar-refractivity contribution in [3.05, 3.63) is 83.4 Å². The van der Waals surface area contributed by atoms with Crippen LogP contribution in [0.15, 0.2) is 72.3 Å². The van der Waals surface area contributed by atoms with Gasteiger partial charge in [0.25, 0.3) is 5.91 Å². The first-order valence-corrected chi connectivity index (χ1v) is 10.9. The van der Waals surface area contributed by atoms with E-state index in [1.165, 1.54) is 11.8 Å². The Morgan fingerprint density at radius 3 is 2.68 bits per heavy atom. The smallest absolute Gasteiger partial charge is 0.266 e. The normalized spacial score (nSPS) is 15.0. The Morgan fingerprint density at radius 1 is 1.23 bits per heavy atom. The highest BCUT2D eigenvalue weighted by molar-refractivity contribution is 8.26. The molecule has 0 N–H and O–H groups in total. The van der Waals surface area contributed by atoms with Crippen LogP contribution in [-0.4, -0.2) is 38.6 Å². The molecule has 1 amide bonds. The molecule has 0 aliphatic carbocycles. The summed E-state index contributed by atoms with van der Waals surface area (Å²) >= 11 is 6.67. The van der Waals surface area contributed by atoms with Crippen LogP contribution in [0.1, 0.15) is 11.1 Å². The maximum absolute atomic E-state index is 12.8. The van der Waals surface area contributed by atoms with Crippen LogP contribution in [0, 0.1) is 6.92 Å². The molecule has 31 heavy (non-hydrogen) atoms. The highest BCUT2D eigenvalue weighted by atomic mass is 32.2. The van der Waals surface area contributed by atoms with Gasteiger partial charge in [0, 0.05) is 23.9 Å². The Hall–Kier alpha value is -3.16. The molecule has 3 aromatic rings. The molecule has 1 saturated heterocycles. The molecule has 156 valence electrons. The van der Waals surface area contributed by atoms with E-state index in [2.05, 4.69) is 6.58 Å². The average molecular weight is 448 g/mol. The molecule has 1 fully saturated rings. The van der Waals surface area contributed by atoms with Crippen LogP contribution in [-0.2, 0) is 4.79 Å². The maximum Gasteiger partial charge on any atom is 0.266 e. The number of para-hydroxylation sites is 1. The third kappa shape index (κ3) is 4.19. The molecule has 5 nitrogen and oxygen atoms in total. The summed E-state index contributed by atoms with van der Waals surface area (Å²) in [5, 5.41) is 4.84. The molecule has 0 atom stereocenters. The fourth-order valence-electron chi connectivity index (χ4n) is 3.38. The van der Waals surface area contributed by atoms with E-state index in [0.717, 1.165) is 33.8 Å². The molecule has 0 unspecified atom stereocenters. The second-order valence-electron chi connectivity index (χ2n) is 6.98. The van der Waals surface area contributed by atoms with Gasteiger partial charge in [-0.2, -0.15) is 5.10 Å². The molecular weight excluding hydrogens is 426 g/mol. The number of thioether (sulfide) groups is 1. The fourth-order valence-corrected chi connectivity index (χ4v) is 4.65. The van der Waals surface area contributed by atoms with E-state index in [1.54, 1.807) is 18.1 Å². The number of thiocarbonyl (C=S) groups is 1. The van der Waals surface area contributed by atoms with Gasteiger partial charge in [-0.1, -0.05) is 48.3 Å². The van der Waals surface area contributed by atoms with Crippen molar-refractivity contribution in [3.8, 4) is 22.7 Å². The SMILES string of the molecule is C=CCN1C(=O)/C(=C/c2cn(-c3ccccc3)nc2-c2ccc(OC)c(C)c2)SC1=S. The van der Waals surface area contributed by atoms with Crippen molar-refractivity contribution < 1.29 is 9.53 Å². The summed E-state index contributed by atoms with van der Waals surface area (Å²) in [6, 6.07) is 15.8. The zero-order chi connectivity index (χ0) is 22.0. The Kier molecular flexibility index (Phi) is 6.06. The Morgan fingerprint density at radius 2 is 2.00 bits per heavy atom. The molecule has 0 radical (unpaired) electrons. The van der Waals surface area contributed by atoms with Gasteiger partial charge < -0.3 is 4.74 Å². The fraction of sp³-hybridized carbons (Fsp3) is 0.125. The molecule has 1 aliphatic rings. The molecule has 1 aliphatic heterocycles. The quantitative estimate of drug-likeness (QED) is 0.294. The molecule has 0 spiro atoms. The van der Waals surface area contributed by atoms with E-state index >= 15 is 0 Å². The standard InChI is InChI=1S/C24H21N3O2S2/c1-4-12-26-23(28)21(31-24(26)30)14-18-15-27(19-8-6-5-7-9-19)25-22(18)17-10-11-20(29-3)16(2)13-17/h4-11,13-15H,1,12H2,2-3H3/b21-14-. The van der Waals surface area contributed by atoms with Crippen LogP contribution >= 0.6 is 24.0 Å². The van der Waals surface area contributed by atoms with Crippen LogP contribution in [0.25, 0.3) is 23.0 Å². The predicted octanol–water partition coefficient (Wildman–Crippen LogP) is 5.24. The first-order chi connectivity index (χ1) is 15.0. The van der Waals surface area contributed by atoms with Crippen LogP contribution < -0.4 is 4.74 Å².